The summed E-state index contributed by atoms with van der Waals surface area (Å²) in [7, 11) is -2.34. The number of fused-ring (bicyclic) bond motifs is 1. The smallest absolute Gasteiger partial charge is 0.243 e. The molecule has 0 N–H and O–H groups in total. The van der Waals surface area contributed by atoms with Gasteiger partial charge in [0, 0.05) is 18.5 Å². The second kappa shape index (κ2) is 8.61. The van der Waals surface area contributed by atoms with Crippen molar-refractivity contribution in [3.63, 3.8) is 0 Å². The van der Waals surface area contributed by atoms with Crippen LogP contribution in [-0.4, -0.2) is 43.7 Å². The zero-order valence-electron chi connectivity index (χ0n) is 15.6. The highest BCUT2D eigenvalue weighted by molar-refractivity contribution is 7.89. The van der Waals surface area contributed by atoms with E-state index >= 15 is 0 Å². The van der Waals surface area contributed by atoms with Crippen molar-refractivity contribution in [1.29, 1.82) is 0 Å². The van der Waals surface area contributed by atoms with Crippen LogP contribution in [0.3, 0.4) is 0 Å². The summed E-state index contributed by atoms with van der Waals surface area (Å²) in [4.78, 5) is 15.4. The van der Waals surface area contributed by atoms with Gasteiger partial charge >= 0.3 is 0 Å². The molecule has 0 unspecified atom stereocenters. The number of hydrogen-bond acceptors (Lipinski definition) is 4. The molecule has 3 aromatic rings. The monoisotopic (exact) mass is 436 g/mol. The first-order valence-corrected chi connectivity index (χ1v) is 11.4. The normalized spacial score (nSPS) is 11.9. The predicted molar refractivity (Wildman–Crippen MR) is 114 cm³/mol. The Morgan fingerprint density at radius 3 is 2.43 bits per heavy atom. The molecule has 1 amide bonds. The van der Waals surface area contributed by atoms with Gasteiger partial charge in [0.05, 0.1) is 22.3 Å². The van der Waals surface area contributed by atoms with Gasteiger partial charge in [0.15, 0.2) is 0 Å². The number of amides is 1. The SMILES string of the molecule is CCN(Cc1ccc(Cl)s1)C(=O)CN(C)S(=O)(=O)c1ccc2ccccc2c1. The van der Waals surface area contributed by atoms with Gasteiger partial charge in [-0.3, -0.25) is 4.79 Å². The van der Waals surface area contributed by atoms with E-state index in [0.29, 0.717) is 17.4 Å². The van der Waals surface area contributed by atoms with Crippen molar-refractivity contribution in [2.75, 3.05) is 20.1 Å². The third-order valence-electron chi connectivity index (χ3n) is 4.50. The number of carbonyl (C=O) groups excluding carboxylic acids is 1. The van der Waals surface area contributed by atoms with Crippen LogP contribution in [0.15, 0.2) is 59.5 Å². The standard InChI is InChI=1S/C20H21ClN2O3S2/c1-3-23(13-17-9-11-19(21)27-17)20(24)14-22(2)28(25,26)18-10-8-15-6-4-5-7-16(15)12-18/h4-12H,3,13-14H2,1-2H3. The van der Waals surface area contributed by atoms with Crippen LogP contribution >= 0.6 is 22.9 Å². The van der Waals surface area contributed by atoms with E-state index in [1.54, 1.807) is 29.2 Å². The summed E-state index contributed by atoms with van der Waals surface area (Å²) in [5.74, 6) is -0.251. The van der Waals surface area contributed by atoms with Crippen molar-refractivity contribution < 1.29 is 13.2 Å². The molecule has 0 aliphatic rings. The summed E-state index contributed by atoms with van der Waals surface area (Å²) < 4.78 is 27.6. The maximum Gasteiger partial charge on any atom is 0.243 e. The van der Waals surface area contributed by atoms with Crippen LogP contribution in [0, 0.1) is 0 Å². The van der Waals surface area contributed by atoms with Crippen molar-refractivity contribution in [2.24, 2.45) is 0 Å². The molecule has 1 aromatic heterocycles. The lowest BCUT2D eigenvalue weighted by Crippen LogP contribution is -2.40. The van der Waals surface area contributed by atoms with Crippen LogP contribution < -0.4 is 0 Å². The largest absolute Gasteiger partial charge is 0.337 e. The zero-order valence-corrected chi connectivity index (χ0v) is 18.0. The van der Waals surface area contributed by atoms with Gasteiger partial charge in [-0.1, -0.05) is 41.9 Å². The van der Waals surface area contributed by atoms with Crippen LogP contribution in [0.1, 0.15) is 11.8 Å². The van der Waals surface area contributed by atoms with E-state index in [4.69, 9.17) is 11.6 Å². The van der Waals surface area contributed by atoms with Crippen molar-refractivity contribution in [2.45, 2.75) is 18.4 Å². The maximum atomic E-state index is 12.9. The summed E-state index contributed by atoms with van der Waals surface area (Å²) in [6.45, 7) is 2.54. The van der Waals surface area contributed by atoms with E-state index in [2.05, 4.69) is 0 Å². The Hall–Kier alpha value is -1.93. The molecule has 0 radical (unpaired) electrons. The Labute approximate surface area is 174 Å². The Bertz CT molecular complexity index is 1100. The Balaban J connectivity index is 1.75. The number of carbonyl (C=O) groups is 1. The summed E-state index contributed by atoms with van der Waals surface area (Å²) >= 11 is 7.36. The molecule has 2 aromatic carbocycles. The minimum Gasteiger partial charge on any atom is -0.337 e. The molecule has 0 fully saturated rings. The summed E-state index contributed by atoms with van der Waals surface area (Å²) in [6.07, 6.45) is 0. The van der Waals surface area contributed by atoms with E-state index in [1.807, 2.05) is 37.3 Å². The zero-order chi connectivity index (χ0) is 20.3. The molecular weight excluding hydrogens is 416 g/mol. The minimum atomic E-state index is -3.77. The number of rotatable bonds is 7. The van der Waals surface area contributed by atoms with Crippen molar-refractivity contribution in [3.05, 3.63) is 63.8 Å². The third kappa shape index (κ3) is 4.55. The first-order valence-electron chi connectivity index (χ1n) is 8.78. The van der Waals surface area contributed by atoms with Crippen LogP contribution in [-0.2, 0) is 21.4 Å². The van der Waals surface area contributed by atoms with Crippen LogP contribution in [0.2, 0.25) is 4.34 Å². The summed E-state index contributed by atoms with van der Waals surface area (Å²) in [5.41, 5.74) is 0. The van der Waals surface area contributed by atoms with Crippen molar-refractivity contribution >= 4 is 49.6 Å². The Morgan fingerprint density at radius 1 is 1.07 bits per heavy atom. The maximum absolute atomic E-state index is 12.9. The highest BCUT2D eigenvalue weighted by Crippen LogP contribution is 2.24. The molecule has 0 aliphatic carbocycles. The molecule has 148 valence electrons. The number of hydrogen-bond donors (Lipinski definition) is 0. The van der Waals surface area contributed by atoms with Crippen molar-refractivity contribution in [3.8, 4) is 0 Å². The van der Waals surface area contributed by atoms with Crippen LogP contribution in [0.25, 0.3) is 10.8 Å². The molecule has 0 spiro atoms. The van der Waals surface area contributed by atoms with Gasteiger partial charge in [-0.15, -0.1) is 11.3 Å². The molecule has 28 heavy (non-hydrogen) atoms. The number of thiophene rings is 1. The second-order valence-corrected chi connectivity index (χ2v) is 10.2. The fourth-order valence-corrected chi connectivity index (χ4v) is 5.14. The molecule has 0 saturated carbocycles. The van der Waals surface area contributed by atoms with Gasteiger partial charge in [-0.05, 0) is 42.0 Å². The average Bonchev–Trinajstić information content (AvgIpc) is 3.10. The lowest BCUT2D eigenvalue weighted by Gasteiger charge is -2.24. The Morgan fingerprint density at radius 2 is 1.79 bits per heavy atom. The lowest BCUT2D eigenvalue weighted by molar-refractivity contribution is -0.131. The van der Waals surface area contributed by atoms with Gasteiger partial charge in [0.25, 0.3) is 0 Å². The molecular formula is C20H21ClN2O3S2. The fourth-order valence-electron chi connectivity index (χ4n) is 2.88. The molecule has 1 heterocycles. The number of likely N-dealkylation sites (N-methyl/N-ethyl adjacent to an activating group) is 2. The van der Waals surface area contributed by atoms with E-state index in [-0.39, 0.29) is 17.3 Å². The fraction of sp³-hybridized carbons (Fsp3) is 0.250. The third-order valence-corrected chi connectivity index (χ3v) is 7.51. The summed E-state index contributed by atoms with van der Waals surface area (Å²) in [5, 5.41) is 1.81. The molecule has 0 atom stereocenters. The molecule has 0 aliphatic heterocycles. The number of nitrogens with zero attached hydrogens (tertiary/aromatic N) is 2. The lowest BCUT2D eigenvalue weighted by atomic mass is 10.1. The highest BCUT2D eigenvalue weighted by Gasteiger charge is 2.25. The molecule has 5 nitrogen and oxygen atoms in total. The minimum absolute atomic E-state index is 0.176. The molecule has 3 rings (SSSR count). The average molecular weight is 437 g/mol. The predicted octanol–water partition coefficient (Wildman–Crippen LogP) is 4.22. The van der Waals surface area contributed by atoms with Crippen molar-refractivity contribution in [1.82, 2.24) is 9.21 Å². The van der Waals surface area contributed by atoms with E-state index in [1.165, 1.54) is 18.4 Å². The van der Waals surface area contributed by atoms with Gasteiger partial charge in [-0.25, -0.2) is 8.42 Å². The quantitative estimate of drug-likeness (QED) is 0.557. The van der Waals surface area contributed by atoms with E-state index in [9.17, 15) is 13.2 Å². The molecule has 0 saturated heterocycles. The molecule has 8 heteroatoms. The van der Waals surface area contributed by atoms with Gasteiger partial charge < -0.3 is 4.90 Å². The first kappa shape index (κ1) is 20.8. The summed E-state index contributed by atoms with van der Waals surface area (Å²) in [6, 6.07) is 16.2. The topological polar surface area (TPSA) is 57.7 Å². The van der Waals surface area contributed by atoms with Crippen LogP contribution in [0.5, 0.6) is 0 Å². The first-order chi connectivity index (χ1) is 13.3. The van der Waals surface area contributed by atoms with Gasteiger partial charge in [0.1, 0.15) is 0 Å². The number of halogens is 1. The number of sulfonamides is 1. The van der Waals surface area contributed by atoms with Crippen LogP contribution in [0.4, 0.5) is 0 Å². The van der Waals surface area contributed by atoms with Gasteiger partial charge in [0.2, 0.25) is 15.9 Å². The van der Waals surface area contributed by atoms with E-state index in [0.717, 1.165) is 20.0 Å². The molecule has 0 bridgehead atoms. The second-order valence-electron chi connectivity index (χ2n) is 6.38. The Kier molecular flexibility index (Phi) is 6.40. The highest BCUT2D eigenvalue weighted by atomic mass is 35.5. The van der Waals surface area contributed by atoms with Gasteiger partial charge in [-0.2, -0.15) is 4.31 Å². The number of benzene rings is 2. The van der Waals surface area contributed by atoms with E-state index < -0.39 is 10.0 Å².